The predicted octanol–water partition coefficient (Wildman–Crippen LogP) is 4.07. The summed E-state index contributed by atoms with van der Waals surface area (Å²) in [4.78, 5) is 2.51. The van der Waals surface area contributed by atoms with Crippen molar-refractivity contribution in [2.45, 2.75) is 38.8 Å². The summed E-state index contributed by atoms with van der Waals surface area (Å²) in [5.41, 5.74) is 1.49. The molecule has 0 aromatic heterocycles. The number of nitrogens with one attached hydrogen (secondary N) is 1. The Morgan fingerprint density at radius 1 is 1.37 bits per heavy atom. The lowest BCUT2D eigenvalue weighted by Gasteiger charge is -2.43. The van der Waals surface area contributed by atoms with E-state index in [0.29, 0.717) is 0 Å². The maximum atomic E-state index is 6.32. The van der Waals surface area contributed by atoms with Crippen molar-refractivity contribution in [2.24, 2.45) is 0 Å². The average molecular weight is 346 g/mol. The van der Waals surface area contributed by atoms with E-state index in [-0.39, 0.29) is 5.54 Å². The highest BCUT2D eigenvalue weighted by Gasteiger charge is 2.31. The number of benzene rings is 1. The zero-order valence-corrected chi connectivity index (χ0v) is 14.0. The van der Waals surface area contributed by atoms with Crippen molar-refractivity contribution < 1.29 is 0 Å². The van der Waals surface area contributed by atoms with Gasteiger partial charge in [-0.2, -0.15) is 0 Å². The van der Waals surface area contributed by atoms with Crippen molar-refractivity contribution in [1.82, 2.24) is 10.2 Å². The lowest BCUT2D eigenvalue weighted by molar-refractivity contribution is 0.118. The third-order valence-electron chi connectivity index (χ3n) is 4.22. The monoisotopic (exact) mass is 344 g/mol. The van der Waals surface area contributed by atoms with Gasteiger partial charge in [0.05, 0.1) is 0 Å². The fourth-order valence-electron chi connectivity index (χ4n) is 2.79. The number of nitrogens with zero attached hydrogens (tertiary/aromatic N) is 1. The van der Waals surface area contributed by atoms with E-state index in [1.165, 1.54) is 18.4 Å². The van der Waals surface area contributed by atoms with E-state index in [1.54, 1.807) is 0 Å². The van der Waals surface area contributed by atoms with Crippen molar-refractivity contribution >= 4 is 27.5 Å². The first-order valence-electron chi connectivity index (χ1n) is 7.00. The summed E-state index contributed by atoms with van der Waals surface area (Å²) in [6, 6.07) is 6.16. The van der Waals surface area contributed by atoms with E-state index in [0.717, 1.165) is 35.7 Å². The highest BCUT2D eigenvalue weighted by atomic mass is 79.9. The largest absolute Gasteiger partial charge is 0.309 e. The molecule has 0 atom stereocenters. The van der Waals surface area contributed by atoms with Crippen LogP contribution in [0.3, 0.4) is 0 Å². The van der Waals surface area contributed by atoms with Crippen molar-refractivity contribution in [1.29, 1.82) is 0 Å². The van der Waals surface area contributed by atoms with E-state index in [1.807, 2.05) is 6.07 Å². The molecule has 1 N–H and O–H groups in total. The Kier molecular flexibility index (Phi) is 5.29. The van der Waals surface area contributed by atoms with Gasteiger partial charge in [0.2, 0.25) is 0 Å². The summed E-state index contributed by atoms with van der Waals surface area (Å²) in [5, 5.41) is 4.54. The van der Waals surface area contributed by atoms with E-state index < -0.39 is 0 Å². The van der Waals surface area contributed by atoms with Gasteiger partial charge in [0.1, 0.15) is 0 Å². The molecular formula is C15H22BrClN2. The van der Waals surface area contributed by atoms with Crippen LogP contribution in [0.5, 0.6) is 0 Å². The van der Waals surface area contributed by atoms with Crippen LogP contribution in [0.25, 0.3) is 0 Å². The van der Waals surface area contributed by atoms with Crippen LogP contribution in [0.1, 0.15) is 32.3 Å². The molecule has 1 saturated heterocycles. The molecule has 0 spiro atoms. The number of halogens is 2. The quantitative estimate of drug-likeness (QED) is 0.885. The molecule has 19 heavy (non-hydrogen) atoms. The van der Waals surface area contributed by atoms with Crippen LogP contribution < -0.4 is 5.32 Å². The highest BCUT2D eigenvalue weighted by Crippen LogP contribution is 2.25. The molecule has 0 bridgehead atoms. The highest BCUT2D eigenvalue weighted by molar-refractivity contribution is 9.10. The van der Waals surface area contributed by atoms with Gasteiger partial charge in [0.15, 0.2) is 0 Å². The van der Waals surface area contributed by atoms with Gasteiger partial charge in [0.25, 0.3) is 0 Å². The van der Waals surface area contributed by atoms with E-state index in [4.69, 9.17) is 11.6 Å². The topological polar surface area (TPSA) is 15.3 Å². The van der Waals surface area contributed by atoms with E-state index in [2.05, 4.69) is 52.1 Å². The molecule has 1 aromatic carbocycles. The first-order chi connectivity index (χ1) is 9.08. The van der Waals surface area contributed by atoms with Gasteiger partial charge >= 0.3 is 0 Å². The number of hydrogen-bond donors (Lipinski definition) is 1. The van der Waals surface area contributed by atoms with Crippen LogP contribution in [0.15, 0.2) is 22.7 Å². The second-order valence-corrected chi connectivity index (χ2v) is 6.68. The summed E-state index contributed by atoms with van der Waals surface area (Å²) in [6.45, 7) is 8.74. The summed E-state index contributed by atoms with van der Waals surface area (Å²) in [6.07, 6.45) is 2.35. The Labute approximate surface area is 129 Å². The Balaban J connectivity index is 2.06. The van der Waals surface area contributed by atoms with Gasteiger partial charge in [-0.3, -0.25) is 4.90 Å². The molecule has 106 valence electrons. The Hall–Kier alpha value is -0.0900. The molecule has 1 aliphatic heterocycles. The molecule has 2 nitrogen and oxygen atoms in total. The van der Waals surface area contributed by atoms with Crippen molar-refractivity contribution in [3.63, 3.8) is 0 Å². The lowest BCUT2D eigenvalue weighted by atomic mass is 9.90. The average Bonchev–Trinajstić information content (AvgIpc) is 2.42. The second kappa shape index (κ2) is 6.57. The zero-order chi connectivity index (χ0) is 13.9. The predicted molar refractivity (Wildman–Crippen MR) is 85.7 cm³/mol. The summed E-state index contributed by atoms with van der Waals surface area (Å²) < 4.78 is 1.04. The third-order valence-corrected chi connectivity index (χ3v) is 5.06. The summed E-state index contributed by atoms with van der Waals surface area (Å²) in [7, 11) is 0. The minimum absolute atomic E-state index is 0.278. The Bertz CT molecular complexity index is 432. The third kappa shape index (κ3) is 3.72. The minimum atomic E-state index is 0.278. The van der Waals surface area contributed by atoms with Gasteiger partial charge in [-0.15, -0.1) is 0 Å². The molecule has 1 fully saturated rings. The van der Waals surface area contributed by atoms with E-state index in [9.17, 15) is 0 Å². The Morgan fingerprint density at radius 2 is 2.11 bits per heavy atom. The molecule has 1 aromatic rings. The van der Waals surface area contributed by atoms with Crippen molar-refractivity contribution in [2.75, 3.05) is 19.6 Å². The normalized spacial score (nSPS) is 19.6. The molecule has 0 aliphatic carbocycles. The SMILES string of the molecule is CCC1(CC)CN(Cc2ccc(Br)cc2Cl)CCN1. The van der Waals surface area contributed by atoms with E-state index >= 15 is 0 Å². The molecule has 0 radical (unpaired) electrons. The maximum Gasteiger partial charge on any atom is 0.0462 e. The smallest absolute Gasteiger partial charge is 0.0462 e. The molecule has 0 saturated carbocycles. The van der Waals surface area contributed by atoms with Crippen molar-refractivity contribution in [3.05, 3.63) is 33.3 Å². The van der Waals surface area contributed by atoms with Crippen molar-refractivity contribution in [3.8, 4) is 0 Å². The summed E-state index contributed by atoms with van der Waals surface area (Å²) in [5.74, 6) is 0. The van der Waals surface area contributed by atoms with Gasteiger partial charge in [0, 0.05) is 41.2 Å². The first-order valence-corrected chi connectivity index (χ1v) is 8.17. The fraction of sp³-hybridized carbons (Fsp3) is 0.600. The lowest BCUT2D eigenvalue weighted by Crippen LogP contribution is -2.59. The van der Waals surface area contributed by atoms with Crippen LogP contribution in [0, 0.1) is 0 Å². The van der Waals surface area contributed by atoms with Gasteiger partial charge in [-0.05, 0) is 30.5 Å². The van der Waals surface area contributed by atoms with Crippen LogP contribution in [0.2, 0.25) is 5.02 Å². The van der Waals surface area contributed by atoms with Crippen LogP contribution in [-0.2, 0) is 6.54 Å². The maximum absolute atomic E-state index is 6.32. The molecule has 0 unspecified atom stereocenters. The fourth-order valence-corrected chi connectivity index (χ4v) is 3.52. The van der Waals surface area contributed by atoms with Crippen LogP contribution in [-0.4, -0.2) is 30.1 Å². The second-order valence-electron chi connectivity index (χ2n) is 5.36. The molecule has 1 heterocycles. The number of hydrogen-bond acceptors (Lipinski definition) is 2. The molecule has 1 aliphatic rings. The van der Waals surface area contributed by atoms with Gasteiger partial charge in [-0.1, -0.05) is 47.4 Å². The zero-order valence-electron chi connectivity index (χ0n) is 11.7. The number of rotatable bonds is 4. The summed E-state index contributed by atoms with van der Waals surface area (Å²) >= 11 is 9.77. The van der Waals surface area contributed by atoms with Crippen LogP contribution in [0.4, 0.5) is 0 Å². The standard InChI is InChI=1S/C15H22BrClN2/c1-3-15(4-2)11-19(8-7-18-15)10-12-5-6-13(16)9-14(12)17/h5-6,9,18H,3-4,7-8,10-11H2,1-2H3. The van der Waals surface area contributed by atoms with Gasteiger partial charge < -0.3 is 5.32 Å². The molecule has 0 amide bonds. The minimum Gasteiger partial charge on any atom is -0.309 e. The first kappa shape index (κ1) is 15.3. The molecule has 4 heteroatoms. The Morgan fingerprint density at radius 3 is 2.74 bits per heavy atom. The van der Waals surface area contributed by atoms with Crippen LogP contribution >= 0.6 is 27.5 Å². The molecule has 2 rings (SSSR count). The molecular weight excluding hydrogens is 324 g/mol. The van der Waals surface area contributed by atoms with Gasteiger partial charge in [-0.25, -0.2) is 0 Å². The number of piperazine rings is 1.